The minimum absolute atomic E-state index is 0.171. The summed E-state index contributed by atoms with van der Waals surface area (Å²) >= 11 is 0. The van der Waals surface area contributed by atoms with Crippen LogP contribution in [0.5, 0.6) is 0 Å². The molecule has 1 aliphatic rings. The molecule has 0 atom stereocenters. The Morgan fingerprint density at radius 2 is 2.40 bits per heavy atom. The zero-order valence-electron chi connectivity index (χ0n) is 5.97. The standard InChI is InChI=1S/C8H11NO/c1-3-7(2)9-6-4-5-8(9)10/h3H,1-2,4-6H2. The van der Waals surface area contributed by atoms with E-state index in [-0.39, 0.29) is 5.91 Å². The third-order valence-corrected chi connectivity index (χ3v) is 1.66. The highest BCUT2D eigenvalue weighted by Crippen LogP contribution is 2.14. The van der Waals surface area contributed by atoms with Gasteiger partial charge in [0.05, 0.1) is 0 Å². The SMILES string of the molecule is C=CC(=C)N1CCCC1=O. The van der Waals surface area contributed by atoms with Crippen LogP contribution in [0.2, 0.25) is 0 Å². The number of allylic oxidation sites excluding steroid dienone is 1. The second-order valence-electron chi connectivity index (χ2n) is 2.34. The molecule has 1 rings (SSSR count). The van der Waals surface area contributed by atoms with Crippen molar-refractivity contribution in [2.24, 2.45) is 0 Å². The number of carbonyl (C=O) groups is 1. The van der Waals surface area contributed by atoms with Crippen LogP contribution < -0.4 is 0 Å². The Labute approximate surface area is 60.8 Å². The summed E-state index contributed by atoms with van der Waals surface area (Å²) in [5, 5.41) is 0. The summed E-state index contributed by atoms with van der Waals surface area (Å²) in [7, 11) is 0. The van der Waals surface area contributed by atoms with Crippen molar-refractivity contribution in [2.75, 3.05) is 6.54 Å². The maximum absolute atomic E-state index is 11.0. The fourth-order valence-corrected chi connectivity index (χ4v) is 1.06. The highest BCUT2D eigenvalue weighted by atomic mass is 16.2. The Kier molecular flexibility index (Phi) is 1.90. The van der Waals surface area contributed by atoms with Gasteiger partial charge in [-0.3, -0.25) is 4.79 Å². The van der Waals surface area contributed by atoms with Crippen molar-refractivity contribution in [3.05, 3.63) is 24.9 Å². The summed E-state index contributed by atoms with van der Waals surface area (Å²) in [5.41, 5.74) is 0.725. The summed E-state index contributed by atoms with van der Waals surface area (Å²) in [6, 6.07) is 0. The molecule has 0 saturated carbocycles. The minimum Gasteiger partial charge on any atom is -0.313 e. The molecule has 54 valence electrons. The van der Waals surface area contributed by atoms with Crippen LogP contribution in [0.25, 0.3) is 0 Å². The van der Waals surface area contributed by atoms with E-state index in [1.165, 1.54) is 0 Å². The first kappa shape index (κ1) is 7.06. The molecule has 0 N–H and O–H groups in total. The van der Waals surface area contributed by atoms with Gasteiger partial charge >= 0.3 is 0 Å². The quantitative estimate of drug-likeness (QED) is 0.525. The molecule has 0 aromatic carbocycles. The van der Waals surface area contributed by atoms with Gasteiger partial charge in [-0.1, -0.05) is 13.2 Å². The van der Waals surface area contributed by atoms with Crippen LogP contribution >= 0.6 is 0 Å². The van der Waals surface area contributed by atoms with Crippen molar-refractivity contribution in [2.45, 2.75) is 12.8 Å². The second-order valence-corrected chi connectivity index (χ2v) is 2.34. The number of amides is 1. The number of likely N-dealkylation sites (tertiary alicyclic amines) is 1. The smallest absolute Gasteiger partial charge is 0.227 e. The number of carbonyl (C=O) groups excluding carboxylic acids is 1. The van der Waals surface area contributed by atoms with Crippen molar-refractivity contribution < 1.29 is 4.79 Å². The summed E-state index contributed by atoms with van der Waals surface area (Å²) in [4.78, 5) is 12.7. The Hall–Kier alpha value is -1.05. The van der Waals surface area contributed by atoms with Gasteiger partial charge in [-0.2, -0.15) is 0 Å². The number of nitrogens with zero attached hydrogens (tertiary/aromatic N) is 1. The highest BCUT2D eigenvalue weighted by Gasteiger charge is 2.20. The molecule has 1 heterocycles. The van der Waals surface area contributed by atoms with Crippen molar-refractivity contribution in [3.63, 3.8) is 0 Å². The third kappa shape index (κ3) is 1.10. The van der Waals surface area contributed by atoms with Gasteiger partial charge in [-0.05, 0) is 12.5 Å². The molecule has 0 bridgehead atoms. The molecule has 1 fully saturated rings. The molecule has 10 heavy (non-hydrogen) atoms. The van der Waals surface area contributed by atoms with E-state index in [0.29, 0.717) is 6.42 Å². The maximum atomic E-state index is 11.0. The molecule has 1 amide bonds. The van der Waals surface area contributed by atoms with Crippen molar-refractivity contribution in [1.29, 1.82) is 0 Å². The van der Waals surface area contributed by atoms with E-state index in [4.69, 9.17) is 0 Å². The fraction of sp³-hybridized carbons (Fsp3) is 0.375. The molecule has 1 aliphatic heterocycles. The largest absolute Gasteiger partial charge is 0.313 e. The highest BCUT2D eigenvalue weighted by molar-refractivity contribution is 5.80. The van der Waals surface area contributed by atoms with Gasteiger partial charge in [-0.15, -0.1) is 0 Å². The Morgan fingerprint density at radius 1 is 1.70 bits per heavy atom. The number of hydrogen-bond donors (Lipinski definition) is 0. The summed E-state index contributed by atoms with van der Waals surface area (Å²) < 4.78 is 0. The zero-order chi connectivity index (χ0) is 7.56. The average Bonchev–Trinajstić information content (AvgIpc) is 2.34. The van der Waals surface area contributed by atoms with Gasteiger partial charge < -0.3 is 4.90 Å². The molecule has 2 nitrogen and oxygen atoms in total. The molecule has 0 aromatic rings. The molecular weight excluding hydrogens is 126 g/mol. The molecule has 0 unspecified atom stereocenters. The van der Waals surface area contributed by atoms with E-state index in [1.54, 1.807) is 11.0 Å². The van der Waals surface area contributed by atoms with Crippen LogP contribution in [-0.2, 0) is 4.79 Å². The van der Waals surface area contributed by atoms with E-state index in [0.717, 1.165) is 18.7 Å². The van der Waals surface area contributed by atoms with Crippen molar-refractivity contribution in [1.82, 2.24) is 4.90 Å². The lowest BCUT2D eigenvalue weighted by Gasteiger charge is -2.14. The summed E-state index contributed by atoms with van der Waals surface area (Å²) in [6.45, 7) is 8.05. The number of hydrogen-bond acceptors (Lipinski definition) is 1. The molecule has 0 radical (unpaired) electrons. The predicted molar refractivity (Wildman–Crippen MR) is 40.3 cm³/mol. The van der Waals surface area contributed by atoms with Crippen LogP contribution in [0, 0.1) is 0 Å². The zero-order valence-corrected chi connectivity index (χ0v) is 5.97. The lowest BCUT2D eigenvalue weighted by atomic mass is 10.4. The first-order valence-corrected chi connectivity index (χ1v) is 3.37. The summed E-state index contributed by atoms with van der Waals surface area (Å²) in [6.07, 6.45) is 3.22. The van der Waals surface area contributed by atoms with Crippen LogP contribution in [-0.4, -0.2) is 17.4 Å². The molecule has 0 spiro atoms. The molecular formula is C8H11NO. The molecule has 0 aromatic heterocycles. The van der Waals surface area contributed by atoms with Gasteiger partial charge in [-0.25, -0.2) is 0 Å². The van der Waals surface area contributed by atoms with E-state index in [2.05, 4.69) is 13.2 Å². The van der Waals surface area contributed by atoms with Gasteiger partial charge in [0.1, 0.15) is 0 Å². The minimum atomic E-state index is 0.171. The Morgan fingerprint density at radius 3 is 2.80 bits per heavy atom. The third-order valence-electron chi connectivity index (χ3n) is 1.66. The van der Waals surface area contributed by atoms with Crippen LogP contribution in [0.1, 0.15) is 12.8 Å². The molecule has 1 saturated heterocycles. The summed E-state index contributed by atoms with van der Waals surface area (Å²) in [5.74, 6) is 0.171. The maximum Gasteiger partial charge on any atom is 0.227 e. The first-order valence-electron chi connectivity index (χ1n) is 3.37. The van der Waals surface area contributed by atoms with Crippen LogP contribution in [0.4, 0.5) is 0 Å². The van der Waals surface area contributed by atoms with E-state index < -0.39 is 0 Å². The van der Waals surface area contributed by atoms with E-state index in [9.17, 15) is 4.79 Å². The average molecular weight is 137 g/mol. The van der Waals surface area contributed by atoms with Crippen LogP contribution in [0.15, 0.2) is 24.9 Å². The Bertz CT molecular complexity index is 184. The van der Waals surface area contributed by atoms with Crippen molar-refractivity contribution in [3.8, 4) is 0 Å². The van der Waals surface area contributed by atoms with Gasteiger partial charge in [0.25, 0.3) is 0 Å². The second kappa shape index (κ2) is 2.69. The number of rotatable bonds is 2. The van der Waals surface area contributed by atoms with E-state index >= 15 is 0 Å². The first-order chi connectivity index (χ1) is 4.75. The lowest BCUT2D eigenvalue weighted by Crippen LogP contribution is -2.21. The molecule has 0 aliphatic carbocycles. The fourth-order valence-electron chi connectivity index (χ4n) is 1.06. The van der Waals surface area contributed by atoms with E-state index in [1.807, 2.05) is 0 Å². The monoisotopic (exact) mass is 137 g/mol. The van der Waals surface area contributed by atoms with Gasteiger partial charge in [0.15, 0.2) is 0 Å². The lowest BCUT2D eigenvalue weighted by molar-refractivity contribution is -0.125. The van der Waals surface area contributed by atoms with Gasteiger partial charge in [0.2, 0.25) is 5.91 Å². The van der Waals surface area contributed by atoms with Crippen molar-refractivity contribution >= 4 is 5.91 Å². The Balaban J connectivity index is 2.63. The normalized spacial score (nSPS) is 17.6. The topological polar surface area (TPSA) is 20.3 Å². The predicted octanol–water partition coefficient (Wildman–Crippen LogP) is 1.31. The van der Waals surface area contributed by atoms with Crippen LogP contribution in [0.3, 0.4) is 0 Å². The van der Waals surface area contributed by atoms with Gasteiger partial charge in [0, 0.05) is 18.7 Å². The molecule has 2 heteroatoms.